The van der Waals surface area contributed by atoms with Crippen LogP contribution in [0.5, 0.6) is 11.5 Å². The van der Waals surface area contributed by atoms with Gasteiger partial charge in [-0.2, -0.15) is 26.3 Å². The third-order valence-electron chi connectivity index (χ3n) is 29.7. The second kappa shape index (κ2) is 51.6. The highest BCUT2D eigenvalue weighted by atomic mass is 19.4. The Morgan fingerprint density at radius 2 is 0.864 bits per heavy atom. The maximum Gasteiger partial charge on any atom is 0.421 e. The molecule has 11 aliphatic carbocycles. The highest BCUT2D eigenvalue weighted by Crippen LogP contribution is 2.64. The van der Waals surface area contributed by atoms with E-state index in [1.807, 2.05) is 74.4 Å². The molecule has 0 amide bonds. The standard InChI is InChI=1S/C19H32O2.C18H22F6O4.C18H26O6.C16H26O4.C14H26O2.C10H14O.12CH4/c1-6-18(4,5)17(20)21-19(12(2)3)15-8-13-7-14(10-15)11-16(19)9-13;1-6-14(2,3)13(25)28-12-8-10(15(4,26)17(19,20)21)7-11(9-12)16(5,27)18(22,23)24;1-4-18(2,3)17(21)22-9-14(19)24-15-11-5-10-6-12(8-11)16(20)23-13(15)7-10;1-4-13(2,3)12(17)20-16-7-11-5-14(18,9-16)8-15(19,6-11)10-16;1-6-13(4,5)12(15)16-14(11(2)3)9-7-8-10-14;1-3-8(2)9-4-6-10(11)7-5-9;;;;;;;;;;;;/h12-16H,6-11H2,1-5H3;7-9,26-27H,6H2,1-5H3;10-13,15H,4-9H2,1-3H3;11,18-19H,4-10H2,1-3H3;11H,6-10H2,1-5H3;4-8,11H,3H2,1-2H3;12*1H4. The van der Waals surface area contributed by atoms with Crippen LogP contribution in [0.3, 0.4) is 0 Å². The predicted molar refractivity (Wildman–Crippen MR) is 524 cm³/mol. The van der Waals surface area contributed by atoms with Crippen LogP contribution in [0.2, 0.25) is 0 Å². The Morgan fingerprint density at radius 1 is 0.470 bits per heavy atom. The van der Waals surface area contributed by atoms with Gasteiger partial charge in [-0.15, -0.1) is 0 Å². The predicted octanol–water partition coefficient (Wildman–Crippen LogP) is 28.3. The van der Waals surface area contributed by atoms with E-state index in [2.05, 4.69) is 48.5 Å². The smallest absolute Gasteiger partial charge is 0.421 e. The van der Waals surface area contributed by atoms with Gasteiger partial charge < -0.3 is 58.7 Å². The van der Waals surface area contributed by atoms with Crippen molar-refractivity contribution in [3.05, 3.63) is 59.2 Å². The molecule has 2 aliphatic heterocycles. The topological polar surface area (TPSA) is 285 Å². The van der Waals surface area contributed by atoms with Crippen molar-refractivity contribution in [2.24, 2.45) is 86.3 Å². The summed E-state index contributed by atoms with van der Waals surface area (Å²) in [5.41, 5.74) is -13.4. The van der Waals surface area contributed by atoms with Gasteiger partial charge in [-0.25, -0.2) is 4.79 Å². The molecule has 778 valence electrons. The van der Waals surface area contributed by atoms with Crippen LogP contribution in [-0.4, -0.2) is 126 Å². The molecule has 0 aromatic heterocycles. The fraction of sp³-hybridized carbons (Fsp3) is 0.822. The highest BCUT2D eigenvalue weighted by molar-refractivity contribution is 5.81. The van der Waals surface area contributed by atoms with E-state index >= 15 is 0 Å². The number of alkyl halides is 6. The molecule has 5 N–H and O–H groups in total. The normalized spacial score (nSPS) is 27.2. The molecular formula is C107H194F6O19. The van der Waals surface area contributed by atoms with Crippen molar-refractivity contribution in [2.45, 2.75) is 479 Å². The lowest BCUT2D eigenvalue weighted by atomic mass is 9.47. The van der Waals surface area contributed by atoms with Crippen molar-refractivity contribution in [3.63, 3.8) is 0 Å². The van der Waals surface area contributed by atoms with Gasteiger partial charge in [0.05, 0.1) is 44.2 Å². The van der Waals surface area contributed by atoms with E-state index in [0.29, 0.717) is 105 Å². The summed E-state index contributed by atoms with van der Waals surface area (Å²) >= 11 is 0. The van der Waals surface area contributed by atoms with Crippen LogP contribution in [-0.2, 0) is 73.2 Å². The molecule has 13 aliphatic rings. The van der Waals surface area contributed by atoms with Gasteiger partial charge in [0.1, 0.15) is 40.5 Å². The quantitative estimate of drug-likeness (QED) is 0.0299. The molecule has 10 atom stereocenters. The van der Waals surface area contributed by atoms with Crippen molar-refractivity contribution in [1.29, 1.82) is 0 Å². The minimum atomic E-state index is -5.24. The van der Waals surface area contributed by atoms with E-state index in [1.54, 1.807) is 32.9 Å². The van der Waals surface area contributed by atoms with Crippen molar-refractivity contribution in [2.75, 3.05) is 6.61 Å². The van der Waals surface area contributed by atoms with E-state index in [1.165, 1.54) is 64.4 Å². The van der Waals surface area contributed by atoms with Gasteiger partial charge >= 0.3 is 54.1 Å². The summed E-state index contributed by atoms with van der Waals surface area (Å²) in [6, 6.07) is 9.04. The lowest BCUT2D eigenvalue weighted by molar-refractivity contribution is -0.264. The second-order valence-corrected chi connectivity index (χ2v) is 41.7. The number of phenolic OH excluding ortho intramolecular Hbond substituents is 1. The van der Waals surface area contributed by atoms with Gasteiger partial charge in [-0.1, -0.05) is 177 Å². The first-order chi connectivity index (χ1) is 55.0. The summed E-state index contributed by atoms with van der Waals surface area (Å²) in [5, 5.41) is 50.0. The number of fused-ring (bicyclic) bond motifs is 1. The Kier molecular flexibility index (Phi) is 53.4. The molecule has 2 saturated heterocycles. The van der Waals surface area contributed by atoms with Gasteiger partial charge in [-0.3, -0.25) is 28.8 Å². The maximum absolute atomic E-state index is 13.2. The highest BCUT2D eigenvalue weighted by Gasteiger charge is 2.66. The maximum atomic E-state index is 13.2. The summed E-state index contributed by atoms with van der Waals surface area (Å²) in [4.78, 5) is 85.6. The zero-order valence-electron chi connectivity index (χ0n) is 76.2. The number of aromatic hydroxyl groups is 1. The van der Waals surface area contributed by atoms with E-state index in [4.69, 9.17) is 38.3 Å². The molecule has 2 aromatic rings. The van der Waals surface area contributed by atoms with Crippen molar-refractivity contribution in [1.82, 2.24) is 0 Å². The van der Waals surface area contributed by atoms with Crippen LogP contribution >= 0.6 is 0 Å². The second-order valence-electron chi connectivity index (χ2n) is 41.7. The molecule has 2 heterocycles. The number of phenols is 1. The Labute approximate surface area is 798 Å². The molecule has 0 spiro atoms. The Hall–Kier alpha value is -6.05. The van der Waals surface area contributed by atoms with E-state index in [0.717, 1.165) is 95.3 Å². The zero-order chi connectivity index (χ0) is 90.7. The SMILES string of the molecule is C.C.C.C.C.C.C.C.C.C.C.C.CCC(C)(C)C(=O)OC1(C(C)C)C2CC3CC(C2)CC1C3.CCC(C)(C)C(=O)OC1(C(C)C)CCCC1.CCC(C)(C)C(=O)OC12CC3CC(O)(CC(O)(C3)C1)C2.CCC(C)(C)C(=O)OCC(=O)OC1C2CC3CC(C2)C(=O)OC1C3.CCC(C)(C)C(=O)Oc1cc(C(C)(O)C(F)(F)F)cc(C(C)(O)C(F)(F)F)c1.CCC(C)c1ccc(O)cc1. The fourth-order valence-electron chi connectivity index (χ4n) is 19.7. The van der Waals surface area contributed by atoms with Gasteiger partial charge in [0.25, 0.3) is 0 Å². The van der Waals surface area contributed by atoms with E-state index in [9.17, 15) is 80.3 Å². The van der Waals surface area contributed by atoms with Gasteiger partial charge in [0.2, 0.25) is 0 Å². The summed E-state index contributed by atoms with van der Waals surface area (Å²) in [7, 11) is 0. The first-order valence-electron chi connectivity index (χ1n) is 44.5. The summed E-state index contributed by atoms with van der Waals surface area (Å²) in [6.07, 6.45) is 11.4. The average Bonchev–Trinajstić information content (AvgIpc) is 0.831. The number of carbonyl (C=O) groups excluding carboxylic acids is 7. The van der Waals surface area contributed by atoms with Crippen molar-refractivity contribution >= 4 is 41.8 Å². The zero-order valence-corrected chi connectivity index (χ0v) is 76.2. The van der Waals surface area contributed by atoms with Gasteiger partial charge in [0, 0.05) is 25.2 Å². The number of hydrogen-bond acceptors (Lipinski definition) is 19. The molecule has 12 bridgehead atoms. The third-order valence-corrected chi connectivity index (χ3v) is 29.7. The van der Waals surface area contributed by atoms with E-state index in [-0.39, 0.29) is 165 Å². The Balaban J connectivity index is -0.000000360. The monoisotopic (exact) mass is 1900 g/mol. The molecular weight excluding hydrogens is 1700 g/mol. The average molecular weight is 1900 g/mol. The number of benzene rings is 2. The first-order valence-corrected chi connectivity index (χ1v) is 44.5. The van der Waals surface area contributed by atoms with Crippen LogP contribution in [0.4, 0.5) is 26.3 Å². The number of halogens is 6. The number of esters is 7. The lowest BCUT2D eigenvalue weighted by Crippen LogP contribution is -2.67. The Bertz CT molecular complexity index is 3760. The van der Waals surface area contributed by atoms with Crippen LogP contribution < -0.4 is 4.74 Å². The van der Waals surface area contributed by atoms with Gasteiger partial charge in [0.15, 0.2) is 17.8 Å². The summed E-state index contributed by atoms with van der Waals surface area (Å²) < 4.78 is 118. The number of hydrogen-bond donors (Lipinski definition) is 5. The fourth-order valence-corrected chi connectivity index (χ4v) is 19.7. The number of aliphatic hydroxyl groups is 4. The molecule has 132 heavy (non-hydrogen) atoms. The minimum Gasteiger partial charge on any atom is -0.508 e. The molecule has 19 nitrogen and oxygen atoms in total. The van der Waals surface area contributed by atoms with Crippen LogP contribution in [0.15, 0.2) is 42.5 Å². The summed E-state index contributed by atoms with van der Waals surface area (Å²) in [6.45, 7) is 41.5. The largest absolute Gasteiger partial charge is 0.508 e. The molecule has 13 fully saturated rings. The molecule has 25 heteroatoms. The number of rotatable bonds is 23. The Morgan fingerprint density at radius 3 is 1.25 bits per heavy atom. The first kappa shape index (κ1) is 137. The minimum absolute atomic E-state index is 0. The molecule has 2 aromatic carbocycles. The van der Waals surface area contributed by atoms with Gasteiger partial charge in [-0.05, 0) is 325 Å². The molecule has 10 unspecified atom stereocenters. The summed E-state index contributed by atoms with van der Waals surface area (Å²) in [5.74, 6) is 2.88. The molecule has 0 radical (unpaired) electrons. The molecule has 11 saturated carbocycles. The van der Waals surface area contributed by atoms with Crippen molar-refractivity contribution < 1.29 is 119 Å². The van der Waals surface area contributed by atoms with Crippen LogP contribution in [0.1, 0.15) is 431 Å². The van der Waals surface area contributed by atoms with Crippen molar-refractivity contribution in [3.8, 4) is 11.5 Å². The number of carbonyl (C=O) groups is 7. The third kappa shape index (κ3) is 31.7. The van der Waals surface area contributed by atoms with E-state index < -0.39 is 97.5 Å². The van der Waals surface area contributed by atoms with Crippen LogP contribution in [0, 0.1) is 86.3 Å². The molecule has 15 rings (SSSR count). The lowest BCUT2D eigenvalue weighted by Gasteiger charge is -2.62. The number of ether oxygens (including phenoxy) is 7. The van der Waals surface area contributed by atoms with Crippen LogP contribution in [0.25, 0.3) is 0 Å².